The summed E-state index contributed by atoms with van der Waals surface area (Å²) in [6.07, 6.45) is 1.23. The normalized spacial score (nSPS) is 11.4. The zero-order chi connectivity index (χ0) is 11.3. The number of nitro groups is 1. The number of nitro benzene ring substituents is 1. The molecule has 0 saturated heterocycles. The van der Waals surface area contributed by atoms with Crippen molar-refractivity contribution < 1.29 is 15.1 Å². The lowest BCUT2D eigenvalue weighted by atomic mass is 10.1. The average Bonchev–Trinajstić information content (AvgIpc) is 2.26. The summed E-state index contributed by atoms with van der Waals surface area (Å²) in [5.74, 6) is 0. The Balaban J connectivity index is 2.76. The quantitative estimate of drug-likeness (QED) is 0.448. The summed E-state index contributed by atoms with van der Waals surface area (Å²) in [5, 5.41) is 27.9. The maximum atomic E-state index is 10.4. The second-order valence-electron chi connectivity index (χ2n) is 3.05. The van der Waals surface area contributed by atoms with Crippen LogP contribution in [0.2, 0.25) is 0 Å². The molecular weight excluding hydrogens is 198 g/mol. The lowest BCUT2D eigenvalue weighted by Gasteiger charge is -2.02. The first-order chi connectivity index (χ1) is 7.17. The maximum absolute atomic E-state index is 10.4. The van der Waals surface area contributed by atoms with E-state index in [1.807, 2.05) is 0 Å². The van der Waals surface area contributed by atoms with Crippen molar-refractivity contribution in [1.82, 2.24) is 0 Å². The summed E-state index contributed by atoms with van der Waals surface area (Å²) in [4.78, 5) is 9.89. The summed E-state index contributed by atoms with van der Waals surface area (Å²) in [7, 11) is 0. The van der Waals surface area contributed by atoms with Crippen molar-refractivity contribution in [3.8, 4) is 0 Å². The van der Waals surface area contributed by atoms with Crippen molar-refractivity contribution in [1.29, 1.82) is 0 Å². The molecule has 1 aromatic carbocycles. The van der Waals surface area contributed by atoms with E-state index >= 15 is 0 Å². The van der Waals surface area contributed by atoms with Crippen LogP contribution in [-0.4, -0.2) is 21.7 Å². The molecule has 1 rings (SSSR count). The number of aliphatic hydroxyl groups excluding tert-OH is 2. The molecule has 2 N–H and O–H groups in total. The van der Waals surface area contributed by atoms with E-state index in [0.29, 0.717) is 12.0 Å². The Hall–Kier alpha value is -1.88. The van der Waals surface area contributed by atoms with Gasteiger partial charge in [-0.05, 0) is 17.6 Å². The molecular formula is C10H11NO4. The number of aliphatic hydroxyl groups is 2. The number of hydrogen-bond donors (Lipinski definition) is 2. The Morgan fingerprint density at radius 1 is 1.40 bits per heavy atom. The van der Waals surface area contributed by atoms with E-state index in [-0.39, 0.29) is 12.3 Å². The van der Waals surface area contributed by atoms with E-state index < -0.39 is 4.92 Å². The molecule has 0 heterocycles. The lowest BCUT2D eigenvalue weighted by molar-refractivity contribution is -0.384. The molecule has 0 aliphatic carbocycles. The van der Waals surface area contributed by atoms with Crippen LogP contribution in [0.3, 0.4) is 0 Å². The molecule has 0 fully saturated rings. The fraction of sp³-hybridized carbons (Fsp3) is 0.200. The number of rotatable bonds is 4. The molecule has 0 saturated carbocycles. The van der Waals surface area contributed by atoms with Crippen LogP contribution < -0.4 is 0 Å². The largest absolute Gasteiger partial charge is 0.516 e. The van der Waals surface area contributed by atoms with Crippen LogP contribution in [0.5, 0.6) is 0 Å². The van der Waals surface area contributed by atoms with E-state index in [9.17, 15) is 10.1 Å². The highest BCUT2D eigenvalue weighted by atomic mass is 16.6. The van der Waals surface area contributed by atoms with E-state index in [2.05, 4.69) is 0 Å². The third-order valence-corrected chi connectivity index (χ3v) is 1.96. The zero-order valence-electron chi connectivity index (χ0n) is 7.96. The summed E-state index contributed by atoms with van der Waals surface area (Å²) in [6, 6.07) is 5.97. The van der Waals surface area contributed by atoms with Crippen molar-refractivity contribution in [2.24, 2.45) is 0 Å². The monoisotopic (exact) mass is 209 g/mol. The van der Waals surface area contributed by atoms with Crippen LogP contribution in [-0.2, 0) is 6.42 Å². The lowest BCUT2D eigenvalue weighted by Crippen LogP contribution is -1.96. The number of benzene rings is 1. The van der Waals surface area contributed by atoms with Crippen molar-refractivity contribution in [3.05, 3.63) is 51.8 Å². The van der Waals surface area contributed by atoms with E-state index in [1.165, 1.54) is 12.1 Å². The Morgan fingerprint density at radius 2 is 2.00 bits per heavy atom. The van der Waals surface area contributed by atoms with Crippen LogP contribution >= 0.6 is 0 Å². The molecule has 0 radical (unpaired) electrons. The fourth-order valence-corrected chi connectivity index (χ4v) is 1.14. The second-order valence-corrected chi connectivity index (χ2v) is 3.05. The molecule has 0 atom stereocenters. The SMILES string of the molecule is O=[N+]([O-])c1ccc(C/C(=C\O)CO)cc1. The third kappa shape index (κ3) is 3.07. The second kappa shape index (κ2) is 5.11. The first-order valence-electron chi connectivity index (χ1n) is 4.33. The molecule has 0 amide bonds. The molecule has 0 aromatic heterocycles. The van der Waals surface area contributed by atoms with Gasteiger partial charge in [-0.15, -0.1) is 0 Å². The zero-order valence-corrected chi connectivity index (χ0v) is 7.96. The van der Waals surface area contributed by atoms with Crippen LogP contribution in [0.15, 0.2) is 36.1 Å². The fourth-order valence-electron chi connectivity index (χ4n) is 1.14. The van der Waals surface area contributed by atoms with Gasteiger partial charge in [-0.3, -0.25) is 10.1 Å². The van der Waals surface area contributed by atoms with Gasteiger partial charge >= 0.3 is 0 Å². The minimum atomic E-state index is -0.474. The van der Waals surface area contributed by atoms with Crippen molar-refractivity contribution in [2.45, 2.75) is 6.42 Å². The highest BCUT2D eigenvalue weighted by Gasteiger charge is 2.04. The number of non-ortho nitro benzene ring substituents is 1. The Labute approximate surface area is 86.4 Å². The summed E-state index contributed by atoms with van der Waals surface area (Å²) in [6.45, 7) is -0.229. The standard InChI is InChI=1S/C10H11NO4/c12-6-9(7-13)5-8-1-3-10(4-2-8)11(14)15/h1-4,6,12-13H,5,7H2/b9-6+. The van der Waals surface area contributed by atoms with E-state index in [1.54, 1.807) is 12.1 Å². The first-order valence-corrected chi connectivity index (χ1v) is 4.33. The molecule has 0 bridgehead atoms. The van der Waals surface area contributed by atoms with Gasteiger partial charge < -0.3 is 10.2 Å². The topological polar surface area (TPSA) is 83.6 Å². The molecule has 80 valence electrons. The van der Waals surface area contributed by atoms with Crippen molar-refractivity contribution in [3.63, 3.8) is 0 Å². The van der Waals surface area contributed by atoms with Gasteiger partial charge in [0.15, 0.2) is 0 Å². The highest BCUT2D eigenvalue weighted by molar-refractivity contribution is 5.34. The van der Waals surface area contributed by atoms with Crippen LogP contribution in [0.1, 0.15) is 5.56 Å². The number of hydrogen-bond acceptors (Lipinski definition) is 4. The van der Waals surface area contributed by atoms with Crippen LogP contribution in [0, 0.1) is 10.1 Å². The average molecular weight is 209 g/mol. The summed E-state index contributed by atoms with van der Waals surface area (Å²) < 4.78 is 0. The van der Waals surface area contributed by atoms with Gasteiger partial charge in [0.05, 0.1) is 17.8 Å². The number of nitrogens with zero attached hydrogens (tertiary/aromatic N) is 1. The van der Waals surface area contributed by atoms with Crippen molar-refractivity contribution >= 4 is 5.69 Å². The van der Waals surface area contributed by atoms with E-state index in [0.717, 1.165) is 11.8 Å². The van der Waals surface area contributed by atoms with Gasteiger partial charge in [-0.2, -0.15) is 0 Å². The molecule has 5 nitrogen and oxygen atoms in total. The summed E-state index contributed by atoms with van der Waals surface area (Å²) in [5.41, 5.74) is 1.29. The predicted molar refractivity (Wildman–Crippen MR) is 54.6 cm³/mol. The molecule has 1 aromatic rings. The van der Waals surface area contributed by atoms with Crippen LogP contribution in [0.25, 0.3) is 0 Å². The smallest absolute Gasteiger partial charge is 0.269 e. The Bertz CT molecular complexity index is 370. The van der Waals surface area contributed by atoms with Gasteiger partial charge in [0, 0.05) is 12.1 Å². The minimum Gasteiger partial charge on any atom is -0.516 e. The first kappa shape index (κ1) is 11.2. The Kier molecular flexibility index (Phi) is 3.82. The van der Waals surface area contributed by atoms with Gasteiger partial charge in [-0.1, -0.05) is 12.1 Å². The Morgan fingerprint density at radius 3 is 2.40 bits per heavy atom. The van der Waals surface area contributed by atoms with Gasteiger partial charge in [0.25, 0.3) is 5.69 Å². The molecule has 0 aliphatic heterocycles. The van der Waals surface area contributed by atoms with Crippen molar-refractivity contribution in [2.75, 3.05) is 6.61 Å². The minimum absolute atomic E-state index is 0.0253. The maximum Gasteiger partial charge on any atom is 0.269 e. The summed E-state index contributed by atoms with van der Waals surface area (Å²) >= 11 is 0. The molecule has 0 aliphatic rings. The van der Waals surface area contributed by atoms with Gasteiger partial charge in [-0.25, -0.2) is 0 Å². The third-order valence-electron chi connectivity index (χ3n) is 1.96. The van der Waals surface area contributed by atoms with Crippen LogP contribution in [0.4, 0.5) is 5.69 Å². The van der Waals surface area contributed by atoms with E-state index in [4.69, 9.17) is 10.2 Å². The predicted octanol–water partition coefficient (Wildman–Crippen LogP) is 1.57. The molecule has 0 spiro atoms. The van der Waals surface area contributed by atoms with Gasteiger partial charge in [0.1, 0.15) is 0 Å². The molecule has 0 unspecified atom stereocenters. The highest BCUT2D eigenvalue weighted by Crippen LogP contribution is 2.14. The molecule has 15 heavy (non-hydrogen) atoms. The van der Waals surface area contributed by atoms with Gasteiger partial charge in [0.2, 0.25) is 0 Å². The molecule has 5 heteroatoms.